The smallest absolute Gasteiger partial charge is 0.178 e. The van der Waals surface area contributed by atoms with Crippen LogP contribution in [0.2, 0.25) is 0 Å². The average molecular weight is 743 g/mol. The van der Waals surface area contributed by atoms with Gasteiger partial charge in [-0.15, -0.1) is 0 Å². The molecule has 3 aliphatic rings. The SMILES string of the molecule is C=C(C(C)C[C@@H]1O[C@H](CC(C)CC)[C@H](C)[C@H]1CS(=O)(=O)c1ccccc1)[C@H](C)CC1CC[C@@H]2O[C@@H](CCCC)C[C@]2(CI)O1. The highest BCUT2D eigenvalue weighted by Gasteiger charge is 2.52. The Kier molecular flexibility index (Phi) is 13.3. The summed E-state index contributed by atoms with van der Waals surface area (Å²) in [5.41, 5.74) is 1.08. The summed E-state index contributed by atoms with van der Waals surface area (Å²) < 4.78 is 48.2. The fourth-order valence-corrected chi connectivity index (χ4v) is 10.7. The molecule has 0 saturated carbocycles. The van der Waals surface area contributed by atoms with E-state index in [9.17, 15) is 8.42 Å². The number of ether oxygens (including phenoxy) is 3. The molecule has 250 valence electrons. The highest BCUT2D eigenvalue weighted by Crippen LogP contribution is 2.46. The first-order chi connectivity index (χ1) is 20.9. The molecule has 0 amide bonds. The topological polar surface area (TPSA) is 61.8 Å². The van der Waals surface area contributed by atoms with Gasteiger partial charge in [0, 0.05) is 16.8 Å². The molecule has 3 fully saturated rings. The molecule has 0 aromatic heterocycles. The van der Waals surface area contributed by atoms with E-state index in [-0.39, 0.29) is 53.5 Å². The predicted octanol–water partition coefficient (Wildman–Crippen LogP) is 9.23. The number of benzene rings is 1. The van der Waals surface area contributed by atoms with Crippen LogP contribution in [0, 0.1) is 29.6 Å². The van der Waals surface area contributed by atoms with Crippen LogP contribution in [0.5, 0.6) is 0 Å². The van der Waals surface area contributed by atoms with Crippen molar-refractivity contribution in [3.63, 3.8) is 0 Å². The summed E-state index contributed by atoms with van der Waals surface area (Å²) >= 11 is 2.51. The molecular formula is C37H59IO5S. The Hall–Kier alpha value is -0.480. The molecule has 4 rings (SSSR count). The Balaban J connectivity index is 1.40. The molecule has 44 heavy (non-hydrogen) atoms. The molecule has 0 bridgehead atoms. The number of fused-ring (bicyclic) bond motifs is 1. The normalized spacial score (nSPS) is 34.4. The summed E-state index contributed by atoms with van der Waals surface area (Å²) in [6.45, 7) is 18.1. The predicted molar refractivity (Wildman–Crippen MR) is 189 cm³/mol. The van der Waals surface area contributed by atoms with Gasteiger partial charge in [-0.25, -0.2) is 8.42 Å². The van der Waals surface area contributed by atoms with Crippen LogP contribution >= 0.6 is 22.6 Å². The summed E-state index contributed by atoms with van der Waals surface area (Å²) in [6.07, 6.45) is 11.3. The van der Waals surface area contributed by atoms with E-state index in [1.54, 1.807) is 24.3 Å². The summed E-state index contributed by atoms with van der Waals surface area (Å²) in [5, 5.41) is 0. The van der Waals surface area contributed by atoms with Gasteiger partial charge in [-0.2, -0.15) is 0 Å². The first kappa shape index (κ1) is 36.4. The minimum atomic E-state index is -3.41. The standard InChI is InChI=1S/C37H59IO5S/c1-8-10-14-31-22-37(24-38)36(41-31)18-17-30(43-37)20-26(4)28(6)27(5)21-35-33(29(7)34(42-35)19-25(3)9-2)23-44(39,40)32-15-12-11-13-16-32/h11-13,15-16,25-27,29-31,33-36H,6,8-10,14,17-24H2,1-5,7H3/t25?,26-,27?,29-,30?,31+,33-,34-,35+,36+,37-/m1/s1. The van der Waals surface area contributed by atoms with E-state index in [0.29, 0.717) is 22.8 Å². The van der Waals surface area contributed by atoms with E-state index in [2.05, 4.69) is 70.7 Å². The number of rotatable bonds is 16. The zero-order chi connectivity index (χ0) is 32.1. The molecule has 3 aliphatic heterocycles. The lowest BCUT2D eigenvalue weighted by molar-refractivity contribution is -0.155. The number of halogens is 1. The molecule has 1 aromatic carbocycles. The van der Waals surface area contributed by atoms with Gasteiger partial charge in [0.1, 0.15) is 5.60 Å². The second-order valence-electron chi connectivity index (χ2n) is 14.5. The van der Waals surface area contributed by atoms with E-state index in [4.69, 9.17) is 14.2 Å². The van der Waals surface area contributed by atoms with Gasteiger partial charge in [-0.1, -0.05) is 114 Å². The van der Waals surface area contributed by atoms with Crippen LogP contribution < -0.4 is 0 Å². The monoisotopic (exact) mass is 742 g/mol. The minimum Gasteiger partial charge on any atom is -0.374 e. The molecular weight excluding hydrogens is 683 g/mol. The number of hydrogen-bond acceptors (Lipinski definition) is 5. The maximum absolute atomic E-state index is 13.5. The quantitative estimate of drug-likeness (QED) is 0.0961. The van der Waals surface area contributed by atoms with Crippen LogP contribution in [-0.2, 0) is 24.0 Å². The average Bonchev–Trinajstić information content (AvgIpc) is 3.52. The van der Waals surface area contributed by atoms with Gasteiger partial charge in [0.25, 0.3) is 0 Å². The van der Waals surface area contributed by atoms with Crippen LogP contribution in [0.15, 0.2) is 47.4 Å². The van der Waals surface area contributed by atoms with Crippen molar-refractivity contribution in [3.8, 4) is 0 Å². The van der Waals surface area contributed by atoms with Crippen LogP contribution in [0.3, 0.4) is 0 Å². The van der Waals surface area contributed by atoms with Crippen molar-refractivity contribution in [2.75, 3.05) is 10.2 Å². The van der Waals surface area contributed by atoms with E-state index < -0.39 is 9.84 Å². The van der Waals surface area contributed by atoms with Crippen LogP contribution in [-0.4, -0.2) is 54.7 Å². The number of unbranched alkanes of at least 4 members (excludes halogenated alkanes) is 1. The summed E-state index contributed by atoms with van der Waals surface area (Å²) in [6, 6.07) is 8.91. The van der Waals surface area contributed by atoms with Gasteiger partial charge in [0.15, 0.2) is 9.84 Å². The zero-order valence-corrected chi connectivity index (χ0v) is 31.2. The van der Waals surface area contributed by atoms with Gasteiger partial charge < -0.3 is 14.2 Å². The number of allylic oxidation sites excluding steroid dienone is 1. The summed E-state index contributed by atoms with van der Waals surface area (Å²) in [4.78, 5) is 0.408. The minimum absolute atomic E-state index is 0.0371. The highest BCUT2D eigenvalue weighted by molar-refractivity contribution is 14.1. The molecule has 3 unspecified atom stereocenters. The first-order valence-electron chi connectivity index (χ1n) is 17.4. The van der Waals surface area contributed by atoms with Crippen molar-refractivity contribution < 1.29 is 22.6 Å². The Morgan fingerprint density at radius 3 is 2.36 bits per heavy atom. The first-order valence-corrected chi connectivity index (χ1v) is 20.6. The Morgan fingerprint density at radius 2 is 1.70 bits per heavy atom. The third-order valence-electron chi connectivity index (χ3n) is 11.2. The molecule has 5 nitrogen and oxygen atoms in total. The van der Waals surface area contributed by atoms with Crippen molar-refractivity contribution in [3.05, 3.63) is 42.5 Å². The van der Waals surface area contributed by atoms with Gasteiger partial charge in [0.05, 0.1) is 41.2 Å². The maximum atomic E-state index is 13.5. The number of hydrogen-bond donors (Lipinski definition) is 0. The maximum Gasteiger partial charge on any atom is 0.178 e. The highest BCUT2D eigenvalue weighted by atomic mass is 127. The number of alkyl halides is 1. The lowest BCUT2D eigenvalue weighted by atomic mass is 9.79. The zero-order valence-electron chi connectivity index (χ0n) is 28.2. The van der Waals surface area contributed by atoms with Crippen molar-refractivity contribution in [2.24, 2.45) is 29.6 Å². The van der Waals surface area contributed by atoms with Crippen LogP contribution in [0.4, 0.5) is 0 Å². The van der Waals surface area contributed by atoms with E-state index in [1.807, 2.05) is 6.07 Å². The molecule has 3 heterocycles. The third-order valence-corrected chi connectivity index (χ3v) is 14.3. The summed E-state index contributed by atoms with van der Waals surface area (Å²) in [5.74, 6) is 1.38. The molecule has 0 N–H and O–H groups in total. The van der Waals surface area contributed by atoms with Gasteiger partial charge >= 0.3 is 0 Å². The molecule has 3 saturated heterocycles. The lowest BCUT2D eigenvalue weighted by Gasteiger charge is -2.42. The Morgan fingerprint density at radius 1 is 1.00 bits per heavy atom. The van der Waals surface area contributed by atoms with Crippen molar-refractivity contribution in [2.45, 2.75) is 147 Å². The summed E-state index contributed by atoms with van der Waals surface area (Å²) in [7, 11) is -3.41. The van der Waals surface area contributed by atoms with Gasteiger partial charge in [0.2, 0.25) is 0 Å². The molecule has 0 radical (unpaired) electrons. The number of sulfone groups is 1. The lowest BCUT2D eigenvalue weighted by Crippen LogP contribution is -2.50. The van der Waals surface area contributed by atoms with Gasteiger partial charge in [-0.3, -0.25) is 0 Å². The molecule has 7 heteroatoms. The Labute approximate surface area is 282 Å². The van der Waals surface area contributed by atoms with Crippen LogP contribution in [0.1, 0.15) is 106 Å². The largest absolute Gasteiger partial charge is 0.374 e. The van der Waals surface area contributed by atoms with E-state index in [1.165, 1.54) is 18.4 Å². The van der Waals surface area contributed by atoms with Crippen molar-refractivity contribution >= 4 is 32.4 Å². The molecule has 1 aromatic rings. The van der Waals surface area contributed by atoms with Crippen molar-refractivity contribution in [1.29, 1.82) is 0 Å². The molecule has 0 aliphatic carbocycles. The van der Waals surface area contributed by atoms with E-state index >= 15 is 0 Å². The van der Waals surface area contributed by atoms with E-state index in [0.717, 1.165) is 55.8 Å². The third kappa shape index (κ3) is 8.70. The fraction of sp³-hybridized carbons (Fsp3) is 0.784. The Bertz CT molecular complexity index is 1160. The van der Waals surface area contributed by atoms with Crippen LogP contribution in [0.25, 0.3) is 0 Å². The van der Waals surface area contributed by atoms with Gasteiger partial charge in [-0.05, 0) is 74.3 Å². The molecule has 0 spiro atoms. The second-order valence-corrected chi connectivity index (χ2v) is 17.3. The second kappa shape index (κ2) is 16.1. The fourth-order valence-electron chi connectivity index (χ4n) is 7.94. The van der Waals surface area contributed by atoms with Crippen molar-refractivity contribution in [1.82, 2.24) is 0 Å². The molecule has 11 atom stereocenters.